The summed E-state index contributed by atoms with van der Waals surface area (Å²) in [4.78, 5) is 21.3. The summed E-state index contributed by atoms with van der Waals surface area (Å²) in [6.07, 6.45) is -0.806. The topological polar surface area (TPSA) is 79.1 Å². The molecule has 0 N–H and O–H groups in total. The first kappa shape index (κ1) is 20.1. The van der Waals surface area contributed by atoms with Crippen molar-refractivity contribution in [1.82, 2.24) is 19.7 Å². The van der Waals surface area contributed by atoms with Gasteiger partial charge >= 0.3 is 5.97 Å². The van der Waals surface area contributed by atoms with Crippen LogP contribution < -0.4 is 4.74 Å². The first-order valence-electron chi connectivity index (χ1n) is 9.18. The third kappa shape index (κ3) is 3.60. The van der Waals surface area contributed by atoms with Crippen LogP contribution in [0.1, 0.15) is 18.7 Å². The fraction of sp³-hybridized carbons (Fsp3) is 0.143. The van der Waals surface area contributed by atoms with Crippen molar-refractivity contribution < 1.29 is 14.3 Å². The van der Waals surface area contributed by atoms with Gasteiger partial charge in [0.05, 0.1) is 17.6 Å². The van der Waals surface area contributed by atoms with Gasteiger partial charge in [0.2, 0.25) is 6.23 Å². The maximum absolute atomic E-state index is 11.9. The number of benzene rings is 2. The smallest absolute Gasteiger partial charge is 0.304 e. The molecule has 2 aromatic carbocycles. The average Bonchev–Trinajstić information content (AvgIpc) is 3.15. The van der Waals surface area contributed by atoms with E-state index in [0.717, 1.165) is 10.9 Å². The second kappa shape index (κ2) is 7.71. The number of hydrogen-bond acceptors (Lipinski definition) is 7. The molecular weight excluding hydrogens is 459 g/mol. The minimum absolute atomic E-state index is 0.403. The Balaban J connectivity index is 1.66. The Morgan fingerprint density at radius 3 is 2.71 bits per heavy atom. The van der Waals surface area contributed by atoms with Crippen molar-refractivity contribution in [1.29, 1.82) is 0 Å². The fourth-order valence-corrected chi connectivity index (χ4v) is 4.79. The zero-order valence-corrected chi connectivity index (χ0v) is 18.6. The largest absolute Gasteiger partial charge is 0.497 e. The molecule has 31 heavy (non-hydrogen) atoms. The van der Waals surface area contributed by atoms with Crippen LogP contribution in [-0.2, 0) is 9.53 Å². The lowest BCUT2D eigenvalue weighted by molar-refractivity contribution is -0.149. The van der Waals surface area contributed by atoms with Crippen molar-refractivity contribution in [3.05, 3.63) is 58.1 Å². The summed E-state index contributed by atoms with van der Waals surface area (Å²) < 4.78 is 12.5. The number of esters is 1. The summed E-state index contributed by atoms with van der Waals surface area (Å²) in [5.41, 5.74) is 2.14. The number of rotatable bonds is 3. The molecule has 7 nitrogen and oxygen atoms in total. The quantitative estimate of drug-likeness (QED) is 0.370. The molecule has 0 fully saturated rings. The number of carbonyl (C=O) groups excluding carboxylic acids is 1. The summed E-state index contributed by atoms with van der Waals surface area (Å²) in [6, 6.07) is 12.6. The van der Waals surface area contributed by atoms with Gasteiger partial charge in [-0.15, -0.1) is 5.10 Å². The highest BCUT2D eigenvalue weighted by atomic mass is 35.5. The van der Waals surface area contributed by atoms with Crippen molar-refractivity contribution in [2.24, 2.45) is 0 Å². The van der Waals surface area contributed by atoms with Gasteiger partial charge in [0.15, 0.2) is 11.0 Å². The SMILES string of the molecule is COc1ccc2nc3c(cc2c1)C(OC(C)=O)n1nc(-c2ccc(Cl)cc2Cl)nc1S3. The highest BCUT2D eigenvalue weighted by Gasteiger charge is 2.33. The van der Waals surface area contributed by atoms with E-state index in [0.29, 0.717) is 42.9 Å². The first-order chi connectivity index (χ1) is 14.9. The van der Waals surface area contributed by atoms with Crippen molar-refractivity contribution >= 4 is 51.8 Å². The van der Waals surface area contributed by atoms with E-state index in [1.165, 1.54) is 18.7 Å². The van der Waals surface area contributed by atoms with Crippen LogP contribution in [-0.4, -0.2) is 32.8 Å². The number of hydrogen-bond donors (Lipinski definition) is 0. The van der Waals surface area contributed by atoms with Crippen molar-refractivity contribution in [2.75, 3.05) is 7.11 Å². The van der Waals surface area contributed by atoms with Gasteiger partial charge in [-0.1, -0.05) is 23.2 Å². The van der Waals surface area contributed by atoms with Crippen LogP contribution in [0.25, 0.3) is 22.3 Å². The molecule has 0 spiro atoms. The Hall–Kier alpha value is -2.81. The lowest BCUT2D eigenvalue weighted by Crippen LogP contribution is -2.23. The molecule has 1 aliphatic heterocycles. The molecule has 1 atom stereocenters. The summed E-state index contributed by atoms with van der Waals surface area (Å²) >= 11 is 13.7. The number of carbonyl (C=O) groups is 1. The molecule has 156 valence electrons. The van der Waals surface area contributed by atoms with Crippen LogP contribution in [0.5, 0.6) is 5.75 Å². The summed E-state index contributed by atoms with van der Waals surface area (Å²) in [5, 5.41) is 7.63. The number of nitrogens with zero attached hydrogens (tertiary/aromatic N) is 4. The van der Waals surface area contributed by atoms with E-state index < -0.39 is 12.2 Å². The monoisotopic (exact) mass is 472 g/mol. The Bertz CT molecular complexity index is 1360. The third-order valence-electron chi connectivity index (χ3n) is 4.74. The van der Waals surface area contributed by atoms with Crippen molar-refractivity contribution in [3.8, 4) is 17.1 Å². The molecule has 0 bridgehead atoms. The minimum Gasteiger partial charge on any atom is -0.497 e. The summed E-state index contributed by atoms with van der Waals surface area (Å²) in [5.74, 6) is 0.671. The van der Waals surface area contributed by atoms with E-state index in [1.807, 2.05) is 24.3 Å². The Labute approximate surface area is 191 Å². The van der Waals surface area contributed by atoms with E-state index in [1.54, 1.807) is 30.0 Å². The fourth-order valence-electron chi connectivity index (χ4n) is 3.34. The number of ether oxygens (including phenoxy) is 2. The zero-order chi connectivity index (χ0) is 21.7. The van der Waals surface area contributed by atoms with E-state index in [9.17, 15) is 4.79 Å². The molecule has 0 saturated carbocycles. The van der Waals surface area contributed by atoms with E-state index in [-0.39, 0.29) is 0 Å². The van der Waals surface area contributed by atoms with Gasteiger partial charge in [-0.25, -0.2) is 9.97 Å². The van der Waals surface area contributed by atoms with Gasteiger partial charge in [-0.05, 0) is 54.2 Å². The third-order valence-corrected chi connectivity index (χ3v) is 6.27. The highest BCUT2D eigenvalue weighted by Crippen LogP contribution is 2.43. The predicted octanol–water partition coefficient (Wildman–Crippen LogP) is 5.38. The van der Waals surface area contributed by atoms with Crippen molar-refractivity contribution in [2.45, 2.75) is 23.3 Å². The molecule has 10 heteroatoms. The van der Waals surface area contributed by atoms with Crippen LogP contribution in [0, 0.1) is 0 Å². The zero-order valence-electron chi connectivity index (χ0n) is 16.3. The maximum Gasteiger partial charge on any atom is 0.304 e. The van der Waals surface area contributed by atoms with Crippen LogP contribution >= 0.6 is 35.0 Å². The number of fused-ring (bicyclic) bond motifs is 3. The van der Waals surface area contributed by atoms with Gasteiger partial charge in [-0.3, -0.25) is 4.79 Å². The molecule has 5 rings (SSSR count). The van der Waals surface area contributed by atoms with Gasteiger partial charge in [0.25, 0.3) is 0 Å². The van der Waals surface area contributed by atoms with E-state index in [2.05, 4.69) is 10.1 Å². The lowest BCUT2D eigenvalue weighted by Gasteiger charge is -2.25. The Morgan fingerprint density at radius 1 is 1.13 bits per heavy atom. The standard InChI is InChI=1S/C21H14Cl2N4O3S/c1-10(28)30-20-15-8-11-7-13(29-2)4-6-17(11)24-19(15)31-21-25-18(26-27(20)21)14-5-3-12(22)9-16(14)23/h3-9,20H,1-2H3. The summed E-state index contributed by atoms with van der Waals surface area (Å²) in [6.45, 7) is 1.35. The molecule has 4 aromatic rings. The second-order valence-electron chi connectivity index (χ2n) is 6.79. The van der Waals surface area contributed by atoms with E-state index in [4.69, 9.17) is 37.7 Å². The Kier molecular flexibility index (Phi) is 5.00. The van der Waals surface area contributed by atoms with Crippen LogP contribution in [0.2, 0.25) is 10.0 Å². The lowest BCUT2D eigenvalue weighted by atomic mass is 10.1. The molecule has 1 unspecified atom stereocenters. The number of methoxy groups -OCH3 is 1. The number of pyridine rings is 1. The highest BCUT2D eigenvalue weighted by molar-refractivity contribution is 7.99. The first-order valence-corrected chi connectivity index (χ1v) is 10.8. The Morgan fingerprint density at radius 2 is 1.97 bits per heavy atom. The predicted molar refractivity (Wildman–Crippen MR) is 118 cm³/mol. The van der Waals surface area contributed by atoms with Crippen LogP contribution in [0.3, 0.4) is 0 Å². The maximum atomic E-state index is 11.9. The molecule has 3 heterocycles. The van der Waals surface area contributed by atoms with Gasteiger partial charge in [0, 0.05) is 28.5 Å². The summed E-state index contributed by atoms with van der Waals surface area (Å²) in [7, 11) is 1.61. The van der Waals surface area contributed by atoms with Crippen LogP contribution in [0.15, 0.2) is 52.6 Å². The number of halogens is 2. The minimum atomic E-state index is -0.806. The molecule has 0 saturated heterocycles. The molecule has 0 amide bonds. The van der Waals surface area contributed by atoms with Crippen molar-refractivity contribution in [3.63, 3.8) is 0 Å². The normalized spacial score (nSPS) is 14.8. The van der Waals surface area contributed by atoms with Gasteiger partial charge in [0.1, 0.15) is 10.8 Å². The number of aromatic nitrogens is 4. The van der Waals surface area contributed by atoms with Gasteiger partial charge in [-0.2, -0.15) is 4.68 Å². The molecular formula is C21H14Cl2N4O3S. The van der Waals surface area contributed by atoms with E-state index >= 15 is 0 Å². The molecule has 1 aliphatic rings. The second-order valence-corrected chi connectivity index (χ2v) is 8.59. The molecule has 0 radical (unpaired) electrons. The molecule has 0 aliphatic carbocycles. The van der Waals surface area contributed by atoms with Crippen LogP contribution in [0.4, 0.5) is 0 Å². The molecule has 2 aromatic heterocycles. The van der Waals surface area contributed by atoms with Gasteiger partial charge < -0.3 is 9.47 Å². The average molecular weight is 473 g/mol.